The van der Waals surface area contributed by atoms with E-state index >= 15 is 0 Å². The summed E-state index contributed by atoms with van der Waals surface area (Å²) in [6.45, 7) is 12.8. The van der Waals surface area contributed by atoms with Gasteiger partial charge in [-0.3, -0.25) is 4.79 Å². The van der Waals surface area contributed by atoms with Crippen molar-refractivity contribution in [3.8, 4) is 0 Å². The molecule has 0 aliphatic carbocycles. The number of hydrogen-bond acceptors (Lipinski definition) is 3. The molecule has 0 unspecified atom stereocenters. The summed E-state index contributed by atoms with van der Waals surface area (Å²) in [6, 6.07) is 0. The van der Waals surface area contributed by atoms with Gasteiger partial charge in [0.1, 0.15) is 5.78 Å². The lowest BCUT2D eigenvalue weighted by Gasteiger charge is -2.31. The van der Waals surface area contributed by atoms with Gasteiger partial charge in [0.15, 0.2) is 0 Å². The van der Waals surface area contributed by atoms with Crippen LogP contribution in [0, 0.1) is 11.3 Å². The third-order valence-corrected chi connectivity index (χ3v) is 2.76. The van der Waals surface area contributed by atoms with Crippen LogP contribution in [0.3, 0.4) is 0 Å². The fourth-order valence-electron chi connectivity index (χ4n) is 1.65. The molecule has 0 atom stereocenters. The quantitative estimate of drug-likeness (QED) is 0.729. The molecule has 0 aliphatic heterocycles. The van der Waals surface area contributed by atoms with Crippen LogP contribution >= 0.6 is 0 Å². The fraction of sp³-hybridized carbons (Fsp3) is 0.923. The molecule has 3 nitrogen and oxygen atoms in total. The Kier molecular flexibility index (Phi) is 5.63. The van der Waals surface area contributed by atoms with Crippen LogP contribution in [0.4, 0.5) is 0 Å². The first-order valence-corrected chi connectivity index (χ1v) is 6.01. The second-order valence-corrected chi connectivity index (χ2v) is 5.99. The number of carbonyl (C=O) groups is 1. The van der Waals surface area contributed by atoms with Crippen molar-refractivity contribution in [1.29, 1.82) is 0 Å². The van der Waals surface area contributed by atoms with Gasteiger partial charge in [-0.05, 0) is 26.8 Å². The van der Waals surface area contributed by atoms with Crippen molar-refractivity contribution in [3.63, 3.8) is 0 Å². The Morgan fingerprint density at radius 1 is 1.25 bits per heavy atom. The van der Waals surface area contributed by atoms with Crippen LogP contribution in [0.2, 0.25) is 0 Å². The molecule has 0 aromatic heterocycles. The summed E-state index contributed by atoms with van der Waals surface area (Å²) in [5.41, 5.74) is 4.85. The van der Waals surface area contributed by atoms with E-state index in [1.807, 2.05) is 41.5 Å². The van der Waals surface area contributed by atoms with Crippen molar-refractivity contribution in [2.24, 2.45) is 17.1 Å². The van der Waals surface area contributed by atoms with E-state index in [0.717, 1.165) is 6.42 Å². The minimum atomic E-state index is -0.417. The average Bonchev–Trinajstić information content (AvgIpc) is 2.14. The lowest BCUT2D eigenvalue weighted by Crippen LogP contribution is -2.38. The Bertz CT molecular complexity index is 232. The van der Waals surface area contributed by atoms with Gasteiger partial charge >= 0.3 is 0 Å². The summed E-state index contributed by atoms with van der Waals surface area (Å²) in [4.78, 5) is 11.9. The van der Waals surface area contributed by atoms with Gasteiger partial charge in [-0.1, -0.05) is 27.7 Å². The van der Waals surface area contributed by atoms with Crippen molar-refractivity contribution < 1.29 is 9.53 Å². The smallest absolute Gasteiger partial charge is 0.143 e. The number of ketones is 1. The summed E-state index contributed by atoms with van der Waals surface area (Å²) in [5, 5.41) is 0. The predicted molar refractivity (Wildman–Crippen MR) is 67.3 cm³/mol. The SMILES string of the molecule is CC(C)C(=O)C(C)(C)COC(C)(C)CCN. The molecule has 0 aromatic carbocycles. The first kappa shape index (κ1) is 15.6. The monoisotopic (exact) mass is 229 g/mol. The van der Waals surface area contributed by atoms with Gasteiger partial charge in [-0.15, -0.1) is 0 Å². The molecule has 0 rings (SSSR count). The van der Waals surface area contributed by atoms with Gasteiger partial charge in [0.2, 0.25) is 0 Å². The molecule has 0 saturated carbocycles. The molecular formula is C13H27NO2. The Morgan fingerprint density at radius 2 is 1.75 bits per heavy atom. The minimum Gasteiger partial charge on any atom is -0.375 e. The van der Waals surface area contributed by atoms with Crippen LogP contribution < -0.4 is 5.73 Å². The lowest BCUT2D eigenvalue weighted by atomic mass is 9.83. The highest BCUT2D eigenvalue weighted by Gasteiger charge is 2.32. The van der Waals surface area contributed by atoms with Crippen molar-refractivity contribution in [3.05, 3.63) is 0 Å². The molecule has 0 saturated heterocycles. The summed E-state index contributed by atoms with van der Waals surface area (Å²) in [7, 11) is 0. The van der Waals surface area contributed by atoms with Crippen LogP contribution in [0.1, 0.15) is 48.0 Å². The lowest BCUT2D eigenvalue weighted by molar-refractivity contribution is -0.137. The van der Waals surface area contributed by atoms with E-state index in [4.69, 9.17) is 10.5 Å². The third-order valence-electron chi connectivity index (χ3n) is 2.76. The molecule has 2 N–H and O–H groups in total. The van der Waals surface area contributed by atoms with Crippen LogP contribution in [0.5, 0.6) is 0 Å². The molecule has 0 aromatic rings. The van der Waals surface area contributed by atoms with Gasteiger partial charge < -0.3 is 10.5 Å². The Balaban J connectivity index is 4.33. The van der Waals surface area contributed by atoms with Crippen molar-refractivity contribution in [1.82, 2.24) is 0 Å². The second-order valence-electron chi connectivity index (χ2n) is 5.99. The van der Waals surface area contributed by atoms with E-state index in [0.29, 0.717) is 13.2 Å². The summed E-state index contributed by atoms with van der Waals surface area (Å²) < 4.78 is 5.81. The third kappa shape index (κ3) is 5.08. The van der Waals surface area contributed by atoms with Gasteiger partial charge in [0.25, 0.3) is 0 Å². The molecule has 0 fully saturated rings. The topological polar surface area (TPSA) is 52.3 Å². The molecule has 0 heterocycles. The fourth-order valence-corrected chi connectivity index (χ4v) is 1.65. The van der Waals surface area contributed by atoms with E-state index in [-0.39, 0.29) is 17.3 Å². The largest absolute Gasteiger partial charge is 0.375 e. The minimum absolute atomic E-state index is 0.0521. The van der Waals surface area contributed by atoms with E-state index in [1.165, 1.54) is 0 Å². The molecule has 96 valence electrons. The summed E-state index contributed by atoms with van der Waals surface area (Å²) in [6.07, 6.45) is 0.805. The molecule has 0 spiro atoms. The average molecular weight is 229 g/mol. The predicted octanol–water partition coefficient (Wildman–Crippen LogP) is 2.38. The number of nitrogens with two attached hydrogens (primary N) is 1. The maximum absolute atomic E-state index is 11.9. The zero-order valence-corrected chi connectivity index (χ0v) is 11.6. The zero-order chi connectivity index (χ0) is 13.0. The number of rotatable bonds is 7. The van der Waals surface area contributed by atoms with E-state index < -0.39 is 5.41 Å². The second kappa shape index (κ2) is 5.78. The number of ether oxygens (including phenoxy) is 1. The van der Waals surface area contributed by atoms with Gasteiger partial charge in [-0.2, -0.15) is 0 Å². The van der Waals surface area contributed by atoms with E-state index in [2.05, 4.69) is 0 Å². The first-order valence-electron chi connectivity index (χ1n) is 6.01. The Hall–Kier alpha value is -0.410. The summed E-state index contributed by atoms with van der Waals surface area (Å²) in [5.74, 6) is 0.298. The van der Waals surface area contributed by atoms with Crippen molar-refractivity contribution >= 4 is 5.78 Å². The standard InChI is InChI=1S/C13H27NO2/c1-10(2)11(15)12(3,4)9-16-13(5,6)7-8-14/h10H,7-9,14H2,1-6H3. The molecule has 0 amide bonds. The van der Waals surface area contributed by atoms with Crippen LogP contribution in [0.25, 0.3) is 0 Å². The highest BCUT2D eigenvalue weighted by molar-refractivity contribution is 5.85. The maximum atomic E-state index is 11.9. The number of carbonyl (C=O) groups excluding carboxylic acids is 1. The van der Waals surface area contributed by atoms with Crippen molar-refractivity contribution in [2.45, 2.75) is 53.6 Å². The molecule has 0 radical (unpaired) electrons. The van der Waals surface area contributed by atoms with Crippen LogP contribution in [0.15, 0.2) is 0 Å². The van der Waals surface area contributed by atoms with Crippen LogP contribution in [-0.2, 0) is 9.53 Å². The highest BCUT2D eigenvalue weighted by atomic mass is 16.5. The zero-order valence-electron chi connectivity index (χ0n) is 11.6. The van der Waals surface area contributed by atoms with Gasteiger partial charge in [-0.25, -0.2) is 0 Å². The number of hydrogen-bond donors (Lipinski definition) is 1. The van der Waals surface area contributed by atoms with Crippen molar-refractivity contribution in [2.75, 3.05) is 13.2 Å². The maximum Gasteiger partial charge on any atom is 0.143 e. The van der Waals surface area contributed by atoms with E-state index in [1.54, 1.807) is 0 Å². The van der Waals surface area contributed by atoms with Crippen LogP contribution in [-0.4, -0.2) is 24.5 Å². The van der Waals surface area contributed by atoms with Gasteiger partial charge in [0, 0.05) is 11.3 Å². The molecule has 16 heavy (non-hydrogen) atoms. The molecular weight excluding hydrogens is 202 g/mol. The Labute approximate surface area is 99.7 Å². The Morgan fingerprint density at radius 3 is 2.12 bits per heavy atom. The molecule has 0 aliphatic rings. The molecule has 0 bridgehead atoms. The highest BCUT2D eigenvalue weighted by Crippen LogP contribution is 2.25. The first-order chi connectivity index (χ1) is 7.12. The van der Waals surface area contributed by atoms with E-state index in [9.17, 15) is 4.79 Å². The number of Topliss-reactive ketones (excluding diaryl/α,β-unsaturated/α-hetero) is 1. The van der Waals surface area contributed by atoms with Gasteiger partial charge in [0.05, 0.1) is 12.2 Å². The normalized spacial score (nSPS) is 13.2. The molecule has 3 heteroatoms. The summed E-state index contributed by atoms with van der Waals surface area (Å²) >= 11 is 0.